The summed E-state index contributed by atoms with van der Waals surface area (Å²) in [4.78, 5) is 3.83. The van der Waals surface area contributed by atoms with Gasteiger partial charge in [0.25, 0.3) is 0 Å². The van der Waals surface area contributed by atoms with Gasteiger partial charge in [0.05, 0.1) is 6.20 Å². The SMILES string of the molecule is CC(=N)c1c(N)ncc(O)c1C(C)C.CS. The number of nitrogens with two attached hydrogens (primary N) is 1. The Morgan fingerprint density at radius 2 is 2.00 bits per heavy atom. The van der Waals surface area contributed by atoms with E-state index in [-0.39, 0.29) is 11.7 Å². The summed E-state index contributed by atoms with van der Waals surface area (Å²) in [5.74, 6) is 0.533. The van der Waals surface area contributed by atoms with E-state index >= 15 is 0 Å². The molecule has 0 fully saturated rings. The Hall–Kier alpha value is -1.23. The van der Waals surface area contributed by atoms with Gasteiger partial charge in [0.2, 0.25) is 0 Å². The Balaban J connectivity index is 0.00000106. The summed E-state index contributed by atoms with van der Waals surface area (Å²) >= 11 is 3.53. The van der Waals surface area contributed by atoms with Crippen LogP contribution in [-0.2, 0) is 0 Å². The van der Waals surface area contributed by atoms with Crippen LogP contribution >= 0.6 is 12.6 Å². The van der Waals surface area contributed by atoms with Crippen molar-refractivity contribution < 1.29 is 5.11 Å². The van der Waals surface area contributed by atoms with E-state index in [0.29, 0.717) is 22.7 Å². The van der Waals surface area contributed by atoms with Crippen LogP contribution in [0.4, 0.5) is 5.82 Å². The number of hydrogen-bond donors (Lipinski definition) is 4. The summed E-state index contributed by atoms with van der Waals surface area (Å²) in [6.07, 6.45) is 3.02. The molecule has 4 nitrogen and oxygen atoms in total. The van der Waals surface area contributed by atoms with Gasteiger partial charge in [-0.3, -0.25) is 0 Å². The lowest BCUT2D eigenvalue weighted by Gasteiger charge is -2.14. The number of aromatic nitrogens is 1. The molecule has 1 rings (SSSR count). The Morgan fingerprint density at radius 3 is 2.31 bits per heavy atom. The highest BCUT2D eigenvalue weighted by molar-refractivity contribution is 7.79. The molecule has 0 bridgehead atoms. The fourth-order valence-electron chi connectivity index (χ4n) is 1.51. The molecule has 1 heterocycles. The van der Waals surface area contributed by atoms with Gasteiger partial charge in [0, 0.05) is 16.8 Å². The Kier molecular flexibility index (Phi) is 5.88. The molecule has 0 amide bonds. The third-order valence-corrected chi connectivity index (χ3v) is 2.08. The van der Waals surface area contributed by atoms with E-state index in [9.17, 15) is 5.11 Å². The van der Waals surface area contributed by atoms with Crippen LogP contribution in [0.2, 0.25) is 0 Å². The number of thiol groups is 1. The molecule has 0 aliphatic rings. The van der Waals surface area contributed by atoms with E-state index in [1.54, 1.807) is 13.2 Å². The largest absolute Gasteiger partial charge is 0.506 e. The van der Waals surface area contributed by atoms with Crippen LogP contribution in [0, 0.1) is 5.41 Å². The number of pyridine rings is 1. The van der Waals surface area contributed by atoms with Gasteiger partial charge in [-0.1, -0.05) is 13.8 Å². The molecular formula is C11H19N3OS. The zero-order valence-electron chi connectivity index (χ0n) is 10.1. The highest BCUT2D eigenvalue weighted by Crippen LogP contribution is 2.31. The molecule has 0 unspecified atom stereocenters. The van der Waals surface area contributed by atoms with Crippen LogP contribution in [0.5, 0.6) is 5.75 Å². The van der Waals surface area contributed by atoms with Gasteiger partial charge in [-0.2, -0.15) is 12.6 Å². The van der Waals surface area contributed by atoms with Crippen LogP contribution in [0.25, 0.3) is 0 Å². The first-order valence-electron chi connectivity index (χ1n) is 4.92. The average Bonchev–Trinajstić information content (AvgIpc) is 2.23. The summed E-state index contributed by atoms with van der Waals surface area (Å²) in [5, 5.41) is 17.2. The minimum absolute atomic E-state index is 0.107. The highest BCUT2D eigenvalue weighted by Gasteiger charge is 2.16. The van der Waals surface area contributed by atoms with E-state index in [4.69, 9.17) is 11.1 Å². The van der Waals surface area contributed by atoms with E-state index < -0.39 is 0 Å². The predicted molar refractivity (Wildman–Crippen MR) is 71.8 cm³/mol. The average molecular weight is 241 g/mol. The van der Waals surface area contributed by atoms with Gasteiger partial charge in [-0.15, -0.1) is 0 Å². The van der Waals surface area contributed by atoms with E-state index in [1.165, 1.54) is 6.20 Å². The number of nitrogen functional groups attached to an aromatic ring is 1. The van der Waals surface area contributed by atoms with Gasteiger partial charge in [-0.25, -0.2) is 4.98 Å². The maximum atomic E-state index is 9.62. The molecule has 5 heteroatoms. The van der Waals surface area contributed by atoms with Crippen LogP contribution in [0.3, 0.4) is 0 Å². The summed E-state index contributed by atoms with van der Waals surface area (Å²) in [5.41, 5.74) is 7.25. The van der Waals surface area contributed by atoms with E-state index in [1.807, 2.05) is 13.8 Å². The Morgan fingerprint density at radius 1 is 1.50 bits per heavy atom. The molecule has 0 aliphatic carbocycles. The highest BCUT2D eigenvalue weighted by atomic mass is 32.1. The van der Waals surface area contributed by atoms with Crippen molar-refractivity contribution >= 4 is 24.2 Å². The van der Waals surface area contributed by atoms with E-state index in [2.05, 4.69) is 17.6 Å². The van der Waals surface area contributed by atoms with Crippen molar-refractivity contribution in [1.82, 2.24) is 4.98 Å². The molecule has 1 aromatic heterocycles. The third kappa shape index (κ3) is 3.13. The predicted octanol–water partition coefficient (Wildman–Crippen LogP) is 2.43. The van der Waals surface area contributed by atoms with Crippen molar-refractivity contribution in [2.45, 2.75) is 26.7 Å². The molecule has 1 aromatic rings. The van der Waals surface area contributed by atoms with Crippen LogP contribution in [0.1, 0.15) is 37.8 Å². The molecule has 0 aliphatic heterocycles. The first-order valence-corrected chi connectivity index (χ1v) is 5.82. The number of aromatic hydroxyl groups is 1. The second kappa shape index (κ2) is 6.37. The first kappa shape index (κ1) is 14.8. The van der Waals surface area contributed by atoms with Crippen LogP contribution in [0.15, 0.2) is 6.20 Å². The van der Waals surface area contributed by atoms with Crippen LogP contribution < -0.4 is 5.73 Å². The maximum absolute atomic E-state index is 9.62. The smallest absolute Gasteiger partial charge is 0.138 e. The lowest BCUT2D eigenvalue weighted by molar-refractivity contribution is 0.462. The molecule has 0 aromatic carbocycles. The molecule has 0 spiro atoms. The second-order valence-corrected chi connectivity index (χ2v) is 3.60. The number of nitrogens with zero attached hydrogens (tertiary/aromatic N) is 1. The van der Waals surface area contributed by atoms with Gasteiger partial charge in [0.15, 0.2) is 0 Å². The van der Waals surface area contributed by atoms with Gasteiger partial charge in [0.1, 0.15) is 11.6 Å². The zero-order valence-corrected chi connectivity index (χ0v) is 11.0. The molecule has 0 atom stereocenters. The second-order valence-electron chi connectivity index (χ2n) is 3.60. The summed E-state index contributed by atoms with van der Waals surface area (Å²) in [7, 11) is 0. The number of rotatable bonds is 2. The number of hydrogen-bond acceptors (Lipinski definition) is 5. The summed E-state index contributed by atoms with van der Waals surface area (Å²) in [6, 6.07) is 0. The van der Waals surface area contributed by atoms with Crippen molar-refractivity contribution in [3.63, 3.8) is 0 Å². The summed E-state index contributed by atoms with van der Waals surface area (Å²) < 4.78 is 0. The molecule has 16 heavy (non-hydrogen) atoms. The lowest BCUT2D eigenvalue weighted by atomic mass is 9.95. The fourth-order valence-corrected chi connectivity index (χ4v) is 1.51. The number of anilines is 1. The van der Waals surface area contributed by atoms with E-state index in [0.717, 1.165) is 0 Å². The van der Waals surface area contributed by atoms with Crippen molar-refractivity contribution in [3.05, 3.63) is 17.3 Å². The van der Waals surface area contributed by atoms with Gasteiger partial charge >= 0.3 is 0 Å². The van der Waals surface area contributed by atoms with Crippen molar-refractivity contribution in [3.8, 4) is 5.75 Å². The normalized spacial score (nSPS) is 9.62. The fraction of sp³-hybridized carbons (Fsp3) is 0.455. The Bertz CT molecular complexity index is 378. The zero-order chi connectivity index (χ0) is 12.9. The van der Waals surface area contributed by atoms with Crippen molar-refractivity contribution in [2.24, 2.45) is 0 Å². The third-order valence-electron chi connectivity index (χ3n) is 2.08. The van der Waals surface area contributed by atoms with Gasteiger partial charge < -0.3 is 16.2 Å². The van der Waals surface area contributed by atoms with Gasteiger partial charge in [-0.05, 0) is 19.1 Å². The summed E-state index contributed by atoms with van der Waals surface area (Å²) in [6.45, 7) is 5.53. The Labute approximate surface area is 102 Å². The minimum Gasteiger partial charge on any atom is -0.506 e. The number of nitrogens with one attached hydrogen (secondary N) is 1. The topological polar surface area (TPSA) is 83.0 Å². The molecular weight excluding hydrogens is 222 g/mol. The van der Waals surface area contributed by atoms with Crippen molar-refractivity contribution in [1.29, 1.82) is 5.41 Å². The molecule has 0 saturated heterocycles. The van der Waals surface area contributed by atoms with Crippen molar-refractivity contribution in [2.75, 3.05) is 12.0 Å². The quantitative estimate of drug-likeness (QED) is 0.474. The van der Waals surface area contributed by atoms with Crippen LogP contribution in [-0.4, -0.2) is 22.1 Å². The molecule has 4 N–H and O–H groups in total. The molecule has 0 saturated carbocycles. The first-order chi connectivity index (χ1) is 7.45. The monoisotopic (exact) mass is 241 g/mol. The molecule has 90 valence electrons. The standard InChI is InChI=1S/C10H15N3O.CH4S/c1-5(2)8-7(14)4-13-10(12)9(8)6(3)11;1-2/h4-5,11,14H,1-3H3,(H2,12,13);2H,1H3. The maximum Gasteiger partial charge on any atom is 0.138 e. The lowest BCUT2D eigenvalue weighted by Crippen LogP contribution is -2.08. The molecule has 0 radical (unpaired) electrons. The minimum atomic E-state index is 0.107.